The molecule has 0 aliphatic heterocycles. The number of hydrogen-bond acceptors (Lipinski definition) is 4. The zero-order valence-corrected chi connectivity index (χ0v) is 13.9. The van der Waals surface area contributed by atoms with Crippen LogP contribution in [0, 0.1) is 5.41 Å². The fourth-order valence-electron chi connectivity index (χ4n) is 1.15. The molecule has 0 rings (SSSR count). The van der Waals surface area contributed by atoms with E-state index < -0.39 is 35.2 Å². The van der Waals surface area contributed by atoms with Crippen molar-refractivity contribution in [1.29, 1.82) is 0 Å². The van der Waals surface area contributed by atoms with Crippen molar-refractivity contribution in [1.82, 2.24) is 4.72 Å². The lowest BCUT2D eigenvalue weighted by Gasteiger charge is -2.28. The maximum atomic E-state index is 12.2. The molecule has 0 spiro atoms. The highest BCUT2D eigenvalue weighted by Gasteiger charge is 2.48. The molecule has 0 aromatic rings. The highest BCUT2D eigenvalue weighted by molar-refractivity contribution is 7.90. The van der Waals surface area contributed by atoms with Gasteiger partial charge < -0.3 is 4.43 Å². The molecule has 5 nitrogen and oxygen atoms in total. The first-order valence-electron chi connectivity index (χ1n) is 5.83. The quantitative estimate of drug-likeness (QED) is 0.756. The summed E-state index contributed by atoms with van der Waals surface area (Å²) in [4.78, 5) is 11.7. The van der Waals surface area contributed by atoms with E-state index in [0.29, 0.717) is 6.04 Å². The third kappa shape index (κ3) is 5.41. The molecule has 0 atom stereocenters. The predicted octanol–water partition coefficient (Wildman–Crippen LogP) is 2.22. The molecule has 0 saturated carbocycles. The number of sulfonamides is 1. The van der Waals surface area contributed by atoms with E-state index >= 15 is 0 Å². The van der Waals surface area contributed by atoms with Crippen LogP contribution in [0.3, 0.4) is 0 Å². The van der Waals surface area contributed by atoms with Crippen LogP contribution in [0.25, 0.3) is 0 Å². The highest BCUT2D eigenvalue weighted by Crippen LogP contribution is 2.29. The molecule has 0 aromatic heterocycles. The van der Waals surface area contributed by atoms with Crippen molar-refractivity contribution >= 4 is 24.2 Å². The minimum absolute atomic E-state index is 0.235. The minimum atomic E-state index is -5.66. The molecule has 1 N–H and O–H groups in total. The second-order valence-electron chi connectivity index (χ2n) is 5.73. The lowest BCUT2D eigenvalue weighted by molar-refractivity contribution is -0.128. The van der Waals surface area contributed by atoms with Gasteiger partial charge in [-0.15, -0.1) is 0 Å². The van der Waals surface area contributed by atoms with Crippen LogP contribution in [0.2, 0.25) is 19.1 Å². The molecule has 0 unspecified atom stereocenters. The Hall–Kier alpha value is -0.613. The number of carbonyl (C=O) groups excluding carboxylic acids is 1. The summed E-state index contributed by atoms with van der Waals surface area (Å²) in [6.45, 7) is 6.59. The van der Waals surface area contributed by atoms with Crippen molar-refractivity contribution in [3.63, 3.8) is 0 Å². The van der Waals surface area contributed by atoms with Crippen LogP contribution in [0.1, 0.15) is 20.3 Å². The SMILES string of the molecule is CO[Si](C)(C)CCC(C)(C)C(=O)NS(=O)(=O)C(F)(F)F. The Bertz CT molecular complexity index is 460. The summed E-state index contributed by atoms with van der Waals surface area (Å²) in [7, 11) is -6.10. The van der Waals surface area contributed by atoms with Crippen LogP contribution in [0.5, 0.6) is 0 Å². The van der Waals surface area contributed by atoms with Crippen molar-refractivity contribution in [3.8, 4) is 0 Å². The molecule has 20 heavy (non-hydrogen) atoms. The Morgan fingerprint density at radius 3 is 2.05 bits per heavy atom. The van der Waals surface area contributed by atoms with Crippen molar-refractivity contribution in [3.05, 3.63) is 0 Å². The number of hydrogen-bond donors (Lipinski definition) is 1. The number of amides is 1. The van der Waals surface area contributed by atoms with Gasteiger partial charge in [-0.2, -0.15) is 21.6 Å². The maximum Gasteiger partial charge on any atom is 0.516 e. The maximum absolute atomic E-state index is 12.2. The molecule has 0 radical (unpaired) electrons. The van der Waals surface area contributed by atoms with Crippen molar-refractivity contribution in [2.24, 2.45) is 5.41 Å². The first kappa shape index (κ1) is 19.4. The standard InChI is InChI=1S/C10H20F3NO4SSi/c1-9(2,6-7-20(4,5)18-3)8(15)14-19(16,17)10(11,12)13/h6-7H2,1-5H3,(H,14,15). The summed E-state index contributed by atoms with van der Waals surface area (Å²) in [5.41, 5.74) is -6.74. The summed E-state index contributed by atoms with van der Waals surface area (Å²) in [5, 5.41) is 0. The van der Waals surface area contributed by atoms with E-state index in [0.717, 1.165) is 4.72 Å². The Kier molecular flexibility index (Phi) is 5.84. The molecule has 0 saturated heterocycles. The van der Waals surface area contributed by atoms with E-state index in [4.69, 9.17) is 4.43 Å². The normalized spacial score (nSPS) is 14.2. The fourth-order valence-corrected chi connectivity index (χ4v) is 3.21. The zero-order valence-electron chi connectivity index (χ0n) is 12.1. The van der Waals surface area contributed by atoms with Gasteiger partial charge in [-0.3, -0.25) is 4.79 Å². The van der Waals surface area contributed by atoms with Gasteiger partial charge in [-0.1, -0.05) is 13.8 Å². The molecular formula is C10H20F3NO4SSi. The largest absolute Gasteiger partial charge is 0.516 e. The first-order valence-corrected chi connectivity index (χ1v) is 10.4. The summed E-state index contributed by atoms with van der Waals surface area (Å²) < 4.78 is 64.7. The van der Waals surface area contributed by atoms with Crippen LogP contribution in [-0.2, 0) is 19.2 Å². The van der Waals surface area contributed by atoms with Gasteiger partial charge >= 0.3 is 15.5 Å². The molecule has 0 aromatic carbocycles. The average Bonchev–Trinajstić information content (AvgIpc) is 2.24. The molecule has 0 aliphatic rings. The first-order chi connectivity index (χ1) is 8.65. The van der Waals surface area contributed by atoms with E-state index in [1.807, 2.05) is 13.1 Å². The number of alkyl halides is 3. The summed E-state index contributed by atoms with van der Waals surface area (Å²) in [6, 6.07) is 0.524. The fraction of sp³-hybridized carbons (Fsp3) is 0.900. The summed E-state index contributed by atoms with van der Waals surface area (Å²) >= 11 is 0. The van der Waals surface area contributed by atoms with Crippen LogP contribution < -0.4 is 4.72 Å². The summed E-state index contributed by atoms with van der Waals surface area (Å²) in [6.07, 6.45) is 0.235. The number of halogens is 3. The van der Waals surface area contributed by atoms with Gasteiger partial charge in [-0.05, 0) is 25.6 Å². The highest BCUT2D eigenvalue weighted by atomic mass is 32.2. The second-order valence-corrected chi connectivity index (χ2v) is 11.8. The Labute approximate surface area is 118 Å². The van der Waals surface area contributed by atoms with Gasteiger partial charge in [0.1, 0.15) is 0 Å². The Morgan fingerprint density at radius 2 is 1.70 bits per heavy atom. The topological polar surface area (TPSA) is 72.5 Å². The summed E-state index contributed by atoms with van der Waals surface area (Å²) in [5.74, 6) is -1.17. The van der Waals surface area contributed by atoms with Crippen LogP contribution in [0.15, 0.2) is 0 Å². The monoisotopic (exact) mass is 335 g/mol. The molecule has 0 bridgehead atoms. The van der Waals surface area contributed by atoms with Crippen molar-refractivity contribution in [2.45, 2.75) is 44.9 Å². The van der Waals surface area contributed by atoms with Crippen LogP contribution in [-0.4, -0.2) is 35.3 Å². The third-order valence-corrected chi connectivity index (χ3v) is 6.67. The smallest absolute Gasteiger partial charge is 0.420 e. The van der Waals surface area contributed by atoms with Gasteiger partial charge in [-0.25, -0.2) is 4.72 Å². The number of nitrogens with one attached hydrogen (secondary N) is 1. The Balaban J connectivity index is 4.86. The minimum Gasteiger partial charge on any atom is -0.420 e. The van der Waals surface area contributed by atoms with Crippen molar-refractivity contribution < 1.29 is 30.8 Å². The van der Waals surface area contributed by atoms with Crippen LogP contribution in [0.4, 0.5) is 13.2 Å². The van der Waals surface area contributed by atoms with Crippen LogP contribution >= 0.6 is 0 Å². The van der Waals surface area contributed by atoms with Gasteiger partial charge in [0.15, 0.2) is 8.32 Å². The second kappa shape index (κ2) is 6.02. The van der Waals surface area contributed by atoms with E-state index in [-0.39, 0.29) is 6.42 Å². The third-order valence-electron chi connectivity index (χ3n) is 3.05. The molecule has 10 heteroatoms. The molecule has 0 heterocycles. The van der Waals surface area contributed by atoms with E-state index in [9.17, 15) is 26.4 Å². The number of carbonyl (C=O) groups is 1. The average molecular weight is 335 g/mol. The van der Waals surface area contributed by atoms with E-state index in [1.165, 1.54) is 21.0 Å². The zero-order chi connectivity index (χ0) is 16.4. The molecule has 0 aliphatic carbocycles. The van der Waals surface area contributed by atoms with E-state index in [2.05, 4.69) is 0 Å². The number of rotatable bonds is 6. The van der Waals surface area contributed by atoms with E-state index in [1.54, 1.807) is 0 Å². The molecule has 0 fully saturated rings. The van der Waals surface area contributed by atoms with Gasteiger partial charge in [0, 0.05) is 12.5 Å². The molecular weight excluding hydrogens is 315 g/mol. The molecule has 120 valence electrons. The molecule has 1 amide bonds. The van der Waals surface area contributed by atoms with Gasteiger partial charge in [0.05, 0.1) is 0 Å². The lowest BCUT2D eigenvalue weighted by Crippen LogP contribution is -2.46. The lowest BCUT2D eigenvalue weighted by atomic mass is 9.90. The van der Waals surface area contributed by atoms with Gasteiger partial charge in [0.25, 0.3) is 0 Å². The van der Waals surface area contributed by atoms with Crippen molar-refractivity contribution in [2.75, 3.05) is 7.11 Å². The predicted molar refractivity (Wildman–Crippen MR) is 70.8 cm³/mol. The Morgan fingerprint density at radius 1 is 1.25 bits per heavy atom. The van der Waals surface area contributed by atoms with Gasteiger partial charge in [0.2, 0.25) is 5.91 Å².